The van der Waals surface area contributed by atoms with E-state index in [1.54, 1.807) is 20.9 Å². The fraction of sp³-hybridized carbons (Fsp3) is 0.462. The van der Waals surface area contributed by atoms with Crippen LogP contribution in [0.3, 0.4) is 0 Å². The van der Waals surface area contributed by atoms with E-state index in [0.29, 0.717) is 0 Å². The maximum Gasteiger partial charge on any atom is 0.224 e. The zero-order chi connectivity index (χ0) is 13.9. The van der Waals surface area contributed by atoms with Gasteiger partial charge in [-0.05, 0) is 19.9 Å². The number of rotatable bonds is 4. The lowest BCUT2D eigenvalue weighted by molar-refractivity contribution is -0.131. The highest BCUT2D eigenvalue weighted by molar-refractivity contribution is 5.77. The lowest BCUT2D eigenvalue weighted by atomic mass is 10.0. The van der Waals surface area contributed by atoms with Gasteiger partial charge in [0.1, 0.15) is 11.6 Å². The molecule has 1 aromatic carbocycles. The van der Waals surface area contributed by atoms with Gasteiger partial charge in [-0.25, -0.2) is 8.78 Å². The van der Waals surface area contributed by atoms with Crippen LogP contribution in [-0.2, 0) is 11.3 Å². The van der Waals surface area contributed by atoms with E-state index in [-0.39, 0.29) is 24.4 Å². The van der Waals surface area contributed by atoms with Gasteiger partial charge in [-0.2, -0.15) is 0 Å². The first-order chi connectivity index (χ1) is 8.19. The van der Waals surface area contributed by atoms with E-state index in [1.165, 1.54) is 17.0 Å². The largest absolute Gasteiger partial charge is 0.341 e. The van der Waals surface area contributed by atoms with Crippen molar-refractivity contribution in [2.75, 3.05) is 7.05 Å². The van der Waals surface area contributed by atoms with Gasteiger partial charge in [0.2, 0.25) is 5.91 Å². The molecule has 1 amide bonds. The van der Waals surface area contributed by atoms with Crippen LogP contribution in [0.15, 0.2) is 18.2 Å². The molecule has 0 radical (unpaired) electrons. The Kier molecular flexibility index (Phi) is 4.40. The van der Waals surface area contributed by atoms with Gasteiger partial charge in [0.25, 0.3) is 0 Å². The fourth-order valence-electron chi connectivity index (χ4n) is 1.52. The maximum atomic E-state index is 13.4. The second kappa shape index (κ2) is 5.44. The summed E-state index contributed by atoms with van der Waals surface area (Å²) < 4.78 is 26.1. The quantitative estimate of drug-likeness (QED) is 0.896. The Morgan fingerprint density at radius 3 is 2.50 bits per heavy atom. The number of nitrogens with zero attached hydrogens (tertiary/aromatic N) is 1. The number of benzene rings is 1. The summed E-state index contributed by atoms with van der Waals surface area (Å²) in [6, 6.07) is 3.31. The summed E-state index contributed by atoms with van der Waals surface area (Å²) >= 11 is 0. The molecule has 18 heavy (non-hydrogen) atoms. The van der Waals surface area contributed by atoms with Crippen molar-refractivity contribution in [3.8, 4) is 0 Å². The average Bonchev–Trinajstić information content (AvgIpc) is 2.19. The van der Waals surface area contributed by atoms with Crippen LogP contribution in [0.1, 0.15) is 25.8 Å². The number of halogens is 2. The third-order valence-corrected chi connectivity index (χ3v) is 2.46. The lowest BCUT2D eigenvalue weighted by Crippen LogP contribution is -2.39. The molecule has 1 rings (SSSR count). The predicted octanol–water partition coefficient (Wildman–Crippen LogP) is 2.05. The van der Waals surface area contributed by atoms with Crippen LogP contribution in [0.25, 0.3) is 0 Å². The van der Waals surface area contributed by atoms with Gasteiger partial charge in [0, 0.05) is 37.2 Å². The number of carbonyl (C=O) groups is 1. The molecule has 0 aromatic heterocycles. The molecule has 0 aliphatic heterocycles. The van der Waals surface area contributed by atoms with Gasteiger partial charge in [0.15, 0.2) is 0 Å². The molecule has 0 heterocycles. The van der Waals surface area contributed by atoms with Crippen LogP contribution >= 0.6 is 0 Å². The van der Waals surface area contributed by atoms with E-state index in [0.717, 1.165) is 6.07 Å². The van der Waals surface area contributed by atoms with Gasteiger partial charge < -0.3 is 10.6 Å². The summed E-state index contributed by atoms with van der Waals surface area (Å²) in [5.74, 6) is -1.46. The average molecular weight is 256 g/mol. The SMILES string of the molecule is CN(Cc1ccc(F)cc1F)C(=O)CC(C)(C)N. The van der Waals surface area contributed by atoms with E-state index in [1.807, 2.05) is 0 Å². The molecule has 2 N–H and O–H groups in total. The number of carbonyl (C=O) groups excluding carboxylic acids is 1. The van der Waals surface area contributed by atoms with Crippen molar-refractivity contribution < 1.29 is 13.6 Å². The standard InChI is InChI=1S/C13H18F2N2O/c1-13(2,16)7-12(18)17(3)8-9-4-5-10(14)6-11(9)15/h4-6H,7-8,16H2,1-3H3. The summed E-state index contributed by atoms with van der Waals surface area (Å²) in [5.41, 5.74) is 5.42. The van der Waals surface area contributed by atoms with Crippen molar-refractivity contribution in [1.82, 2.24) is 4.90 Å². The van der Waals surface area contributed by atoms with Gasteiger partial charge in [0.05, 0.1) is 0 Å². The molecule has 0 saturated carbocycles. The van der Waals surface area contributed by atoms with E-state index >= 15 is 0 Å². The van der Waals surface area contributed by atoms with Crippen molar-refractivity contribution >= 4 is 5.91 Å². The molecule has 0 bridgehead atoms. The first kappa shape index (κ1) is 14.6. The van der Waals surface area contributed by atoms with Crippen molar-refractivity contribution in [2.24, 2.45) is 5.73 Å². The summed E-state index contributed by atoms with van der Waals surface area (Å²) in [5, 5.41) is 0. The summed E-state index contributed by atoms with van der Waals surface area (Å²) in [6.45, 7) is 3.59. The molecule has 5 heteroatoms. The smallest absolute Gasteiger partial charge is 0.224 e. The Morgan fingerprint density at radius 2 is 2.00 bits per heavy atom. The molecular weight excluding hydrogens is 238 g/mol. The van der Waals surface area contributed by atoms with Gasteiger partial charge in [-0.1, -0.05) is 6.07 Å². The molecule has 0 aliphatic rings. The van der Waals surface area contributed by atoms with Gasteiger partial charge in [-0.15, -0.1) is 0 Å². The molecule has 0 spiro atoms. The molecule has 1 aromatic rings. The Morgan fingerprint density at radius 1 is 1.39 bits per heavy atom. The highest BCUT2D eigenvalue weighted by Crippen LogP contribution is 2.13. The maximum absolute atomic E-state index is 13.4. The van der Waals surface area contributed by atoms with Crippen LogP contribution in [0.5, 0.6) is 0 Å². The van der Waals surface area contributed by atoms with Crippen LogP contribution in [0.2, 0.25) is 0 Å². The van der Waals surface area contributed by atoms with Crippen molar-refractivity contribution in [1.29, 1.82) is 0 Å². The molecule has 3 nitrogen and oxygen atoms in total. The molecular formula is C13H18F2N2O. The molecule has 0 saturated heterocycles. The van der Waals surface area contributed by atoms with Crippen molar-refractivity contribution in [3.05, 3.63) is 35.4 Å². The summed E-state index contributed by atoms with van der Waals surface area (Å²) in [7, 11) is 1.57. The van der Waals surface area contributed by atoms with Crippen LogP contribution in [0.4, 0.5) is 8.78 Å². The molecule has 0 atom stereocenters. The summed E-state index contributed by atoms with van der Waals surface area (Å²) in [4.78, 5) is 13.2. The molecule has 0 unspecified atom stereocenters. The minimum absolute atomic E-state index is 0.0982. The third-order valence-electron chi connectivity index (χ3n) is 2.46. The van der Waals surface area contributed by atoms with E-state index in [4.69, 9.17) is 5.73 Å². The predicted molar refractivity (Wildman–Crippen MR) is 65.7 cm³/mol. The zero-order valence-electron chi connectivity index (χ0n) is 10.8. The third kappa shape index (κ3) is 4.41. The highest BCUT2D eigenvalue weighted by atomic mass is 19.1. The minimum Gasteiger partial charge on any atom is -0.341 e. The van der Waals surface area contributed by atoms with Crippen LogP contribution < -0.4 is 5.73 Å². The van der Waals surface area contributed by atoms with Crippen molar-refractivity contribution in [2.45, 2.75) is 32.4 Å². The first-order valence-corrected chi connectivity index (χ1v) is 5.66. The summed E-state index contributed by atoms with van der Waals surface area (Å²) in [6.07, 6.45) is 0.173. The van der Waals surface area contributed by atoms with Crippen molar-refractivity contribution in [3.63, 3.8) is 0 Å². The second-order valence-corrected chi connectivity index (χ2v) is 5.15. The monoisotopic (exact) mass is 256 g/mol. The molecule has 100 valence electrons. The number of hydrogen-bond acceptors (Lipinski definition) is 2. The normalized spacial score (nSPS) is 11.4. The van der Waals surface area contributed by atoms with Crippen LogP contribution in [0, 0.1) is 11.6 Å². The first-order valence-electron chi connectivity index (χ1n) is 5.66. The number of nitrogens with two attached hydrogens (primary N) is 1. The van der Waals surface area contributed by atoms with Gasteiger partial charge in [-0.3, -0.25) is 4.79 Å². The van der Waals surface area contributed by atoms with E-state index in [9.17, 15) is 13.6 Å². The molecule has 0 fully saturated rings. The Hall–Kier alpha value is -1.49. The Bertz CT molecular complexity index is 441. The number of hydrogen-bond donors (Lipinski definition) is 1. The van der Waals surface area contributed by atoms with E-state index < -0.39 is 17.2 Å². The zero-order valence-corrected chi connectivity index (χ0v) is 10.8. The van der Waals surface area contributed by atoms with Crippen LogP contribution in [-0.4, -0.2) is 23.4 Å². The molecule has 0 aliphatic carbocycles. The topological polar surface area (TPSA) is 46.3 Å². The Labute approximate surface area is 106 Å². The highest BCUT2D eigenvalue weighted by Gasteiger charge is 2.20. The van der Waals surface area contributed by atoms with E-state index in [2.05, 4.69) is 0 Å². The minimum atomic E-state index is -0.651. The van der Waals surface area contributed by atoms with Gasteiger partial charge >= 0.3 is 0 Å². The Balaban J connectivity index is 2.69. The number of amides is 1. The lowest BCUT2D eigenvalue weighted by Gasteiger charge is -2.23. The second-order valence-electron chi connectivity index (χ2n) is 5.15. The fourth-order valence-corrected chi connectivity index (χ4v) is 1.52.